The van der Waals surface area contributed by atoms with E-state index in [1.807, 2.05) is 11.3 Å². The van der Waals surface area contributed by atoms with Crippen LogP contribution in [0.4, 0.5) is 0 Å². The molecule has 0 fully saturated rings. The van der Waals surface area contributed by atoms with Crippen molar-refractivity contribution >= 4 is 64.4 Å². The van der Waals surface area contributed by atoms with Crippen LogP contribution in [0.5, 0.6) is 0 Å². The molecule has 0 radical (unpaired) electrons. The summed E-state index contributed by atoms with van der Waals surface area (Å²) < 4.78 is 7.44. The average molecular weight is 454 g/mol. The van der Waals surface area contributed by atoms with Crippen molar-refractivity contribution in [2.24, 2.45) is 5.92 Å². The molecule has 126 valence electrons. The molecule has 1 nitrogen and oxygen atoms in total. The third kappa shape index (κ3) is 3.52. The van der Waals surface area contributed by atoms with E-state index < -0.39 is 18.4 Å². The molecule has 0 saturated carbocycles. The van der Waals surface area contributed by atoms with Gasteiger partial charge in [-0.3, -0.25) is 0 Å². The fraction of sp³-hybridized carbons (Fsp3) is 0.579. The molecule has 23 heavy (non-hydrogen) atoms. The molecule has 0 spiro atoms. The summed E-state index contributed by atoms with van der Waals surface area (Å²) in [5.41, 5.74) is 3.00. The zero-order valence-corrected chi connectivity index (χ0v) is 19.6. The fourth-order valence-electron chi connectivity index (χ4n) is 3.30. The van der Waals surface area contributed by atoms with E-state index >= 15 is 0 Å². The Morgan fingerprint density at radius 3 is 2.57 bits per heavy atom. The van der Waals surface area contributed by atoms with Gasteiger partial charge in [-0.2, -0.15) is 0 Å². The number of nitrogens with zero attached hydrogens (tertiary/aromatic N) is 1. The Kier molecular flexibility index (Phi) is 5.49. The predicted octanol–water partition coefficient (Wildman–Crippen LogP) is 6.68. The number of rotatable bonds is 7. The molecule has 0 aliphatic heterocycles. The molecule has 1 unspecified atom stereocenters. The van der Waals surface area contributed by atoms with Crippen molar-refractivity contribution in [1.29, 1.82) is 0 Å². The fourth-order valence-corrected chi connectivity index (χ4v) is 10.7. The van der Waals surface area contributed by atoms with Gasteiger partial charge in [0, 0.05) is 0 Å². The maximum absolute atomic E-state index is 2.64. The predicted molar refractivity (Wildman–Crippen MR) is 111 cm³/mol. The van der Waals surface area contributed by atoms with Crippen LogP contribution in [-0.2, 0) is 6.54 Å². The van der Waals surface area contributed by atoms with Gasteiger partial charge >= 0.3 is 153 Å². The van der Waals surface area contributed by atoms with Gasteiger partial charge in [0.2, 0.25) is 0 Å². The first-order valence-corrected chi connectivity index (χ1v) is 20.6. The van der Waals surface area contributed by atoms with Crippen LogP contribution in [0.15, 0.2) is 17.5 Å². The zero-order valence-electron chi connectivity index (χ0n) is 15.1. The Labute approximate surface area is 152 Å². The first-order chi connectivity index (χ1) is 11.0. The van der Waals surface area contributed by atoms with Gasteiger partial charge in [0.05, 0.1) is 0 Å². The maximum atomic E-state index is 2.64. The Balaban J connectivity index is 2.05. The third-order valence-corrected chi connectivity index (χ3v) is 16.5. The van der Waals surface area contributed by atoms with Gasteiger partial charge < -0.3 is 0 Å². The summed E-state index contributed by atoms with van der Waals surface area (Å²) in [7, 11) is 0. The molecule has 0 N–H and O–H groups in total. The summed E-state index contributed by atoms with van der Waals surface area (Å²) in [6.45, 7) is 5.86. The van der Waals surface area contributed by atoms with Crippen LogP contribution in [0.1, 0.15) is 39.5 Å². The van der Waals surface area contributed by atoms with Crippen molar-refractivity contribution in [2.75, 3.05) is 0 Å². The minimum atomic E-state index is -1.98. The Morgan fingerprint density at radius 1 is 1.13 bits per heavy atom. The molecule has 0 bridgehead atoms. The molecule has 3 aromatic rings. The Bertz CT molecular complexity index is 787. The van der Waals surface area contributed by atoms with Crippen LogP contribution in [0, 0.1) is 5.92 Å². The van der Waals surface area contributed by atoms with Gasteiger partial charge in [0.15, 0.2) is 0 Å². The Hall–Kier alpha value is -0.00130. The average Bonchev–Trinajstić information content (AvgIpc) is 3.16. The number of hydrogen-bond donors (Lipinski definition) is 0. The van der Waals surface area contributed by atoms with Crippen LogP contribution in [0.2, 0.25) is 14.8 Å². The van der Waals surface area contributed by atoms with Gasteiger partial charge in [0.25, 0.3) is 0 Å². The van der Waals surface area contributed by atoms with E-state index in [0.717, 1.165) is 5.92 Å². The second-order valence-electron chi connectivity index (χ2n) is 7.74. The number of aromatic nitrogens is 1. The van der Waals surface area contributed by atoms with E-state index in [2.05, 4.69) is 62.1 Å². The standard InChI is InChI=1S/C16H20NS2.3CH3.Sn/c1-3-5-6-12(4-2)11-17-13-7-9-18-15(13)16-14(17)8-10-19-16;;;;/h7-9,12H,3-6,11H2,1-2H3;3*1H3;. The molecular weight excluding hydrogens is 425 g/mol. The van der Waals surface area contributed by atoms with Crippen LogP contribution in [0.3, 0.4) is 0 Å². The number of fused-ring (bicyclic) bond motifs is 3. The molecule has 0 aliphatic rings. The molecule has 0 saturated heterocycles. The molecule has 1 atom stereocenters. The van der Waals surface area contributed by atoms with Crippen molar-refractivity contribution in [3.8, 4) is 0 Å². The molecule has 0 aromatic carbocycles. The number of thiophene rings is 2. The second-order valence-corrected chi connectivity index (χ2v) is 25.1. The van der Waals surface area contributed by atoms with Gasteiger partial charge in [-0.05, 0) is 0 Å². The molecule has 0 amide bonds. The number of hydrogen-bond acceptors (Lipinski definition) is 2. The first-order valence-electron chi connectivity index (χ1n) is 8.95. The number of unbranched alkanes of at least 4 members (excludes halogenated alkanes) is 1. The van der Waals surface area contributed by atoms with Crippen molar-refractivity contribution in [3.63, 3.8) is 0 Å². The van der Waals surface area contributed by atoms with Crippen molar-refractivity contribution in [3.05, 3.63) is 17.5 Å². The minimum absolute atomic E-state index is 0.815. The third-order valence-electron chi connectivity index (χ3n) is 4.87. The molecule has 4 heteroatoms. The van der Waals surface area contributed by atoms with Gasteiger partial charge in [-0.15, -0.1) is 0 Å². The van der Waals surface area contributed by atoms with Gasteiger partial charge in [-0.1, -0.05) is 0 Å². The quantitative estimate of drug-likeness (QED) is 0.351. The molecule has 3 rings (SSSR count). The van der Waals surface area contributed by atoms with E-state index in [4.69, 9.17) is 0 Å². The molecule has 3 heterocycles. The van der Waals surface area contributed by atoms with Crippen molar-refractivity contribution in [1.82, 2.24) is 4.57 Å². The summed E-state index contributed by atoms with van der Waals surface area (Å²) in [6.07, 6.45) is 5.34. The van der Waals surface area contributed by atoms with Gasteiger partial charge in [0.1, 0.15) is 0 Å². The summed E-state index contributed by atoms with van der Waals surface area (Å²) in [6, 6.07) is 4.88. The molecular formula is C19H29NS2Sn. The van der Waals surface area contributed by atoms with Gasteiger partial charge in [-0.25, -0.2) is 0 Å². The molecule has 3 aromatic heterocycles. The topological polar surface area (TPSA) is 4.93 Å². The SMILES string of the molecule is CCCCC(CC)Cn1c2ccsc2c2s[c]([Sn]([CH3])([CH3])[CH3])cc21. The van der Waals surface area contributed by atoms with Crippen LogP contribution in [-0.4, -0.2) is 22.9 Å². The summed E-state index contributed by atoms with van der Waals surface area (Å²) in [5, 5.41) is 2.27. The normalized spacial score (nSPS) is 14.1. The van der Waals surface area contributed by atoms with Crippen LogP contribution >= 0.6 is 22.7 Å². The van der Waals surface area contributed by atoms with E-state index in [9.17, 15) is 0 Å². The van der Waals surface area contributed by atoms with E-state index in [0.29, 0.717) is 0 Å². The zero-order chi connectivity index (χ0) is 16.6. The first kappa shape index (κ1) is 17.8. The van der Waals surface area contributed by atoms with Crippen LogP contribution < -0.4 is 2.89 Å². The summed E-state index contributed by atoms with van der Waals surface area (Å²) in [4.78, 5) is 7.60. The molecule has 0 aliphatic carbocycles. The second kappa shape index (κ2) is 7.09. The van der Waals surface area contributed by atoms with E-state index in [-0.39, 0.29) is 0 Å². The Morgan fingerprint density at radius 2 is 1.91 bits per heavy atom. The summed E-state index contributed by atoms with van der Waals surface area (Å²) in [5.74, 6) is 0.815. The van der Waals surface area contributed by atoms with Crippen molar-refractivity contribution in [2.45, 2.75) is 60.9 Å². The van der Waals surface area contributed by atoms with E-state index in [1.165, 1.54) is 48.0 Å². The monoisotopic (exact) mass is 455 g/mol. The van der Waals surface area contributed by atoms with Crippen LogP contribution in [0.25, 0.3) is 20.4 Å². The van der Waals surface area contributed by atoms with E-state index in [1.54, 1.807) is 7.59 Å². The summed E-state index contributed by atoms with van der Waals surface area (Å²) >= 11 is 2.04. The van der Waals surface area contributed by atoms with Crippen molar-refractivity contribution < 1.29 is 0 Å².